The molecule has 2 heterocycles. The number of ether oxygens (including phenoxy) is 1. The lowest BCUT2D eigenvalue weighted by atomic mass is 9.84. The highest BCUT2D eigenvalue weighted by atomic mass is 16.5. The number of likely N-dealkylation sites (tertiary alicyclic amines) is 1. The van der Waals surface area contributed by atoms with Crippen molar-refractivity contribution in [3.63, 3.8) is 0 Å². The summed E-state index contributed by atoms with van der Waals surface area (Å²) >= 11 is 0. The molecule has 7 N–H and O–H groups in total. The van der Waals surface area contributed by atoms with Crippen LogP contribution in [0.15, 0.2) is 79.0 Å². The molecule has 0 radical (unpaired) electrons. The Bertz CT molecular complexity index is 2130. The number of aliphatic hydroxyl groups is 2. The van der Waals surface area contributed by atoms with E-state index in [0.717, 1.165) is 48.4 Å². The van der Waals surface area contributed by atoms with E-state index in [0.29, 0.717) is 30.5 Å². The van der Waals surface area contributed by atoms with E-state index in [1.54, 1.807) is 32.2 Å². The molecule has 326 valence electrons. The molecule has 5 amide bonds. The fraction of sp³-hybridized carbons (Fsp3) is 0.489. The maximum Gasteiger partial charge on any atom is 0.407 e. The molecule has 1 aliphatic heterocycles. The van der Waals surface area contributed by atoms with E-state index in [2.05, 4.69) is 26.3 Å². The van der Waals surface area contributed by atoms with Crippen LogP contribution in [-0.4, -0.2) is 97.1 Å². The number of primary amides is 1. The lowest BCUT2D eigenvalue weighted by molar-refractivity contribution is -0.141. The van der Waals surface area contributed by atoms with Gasteiger partial charge < -0.3 is 41.5 Å². The van der Waals surface area contributed by atoms with E-state index in [-0.39, 0.29) is 38.5 Å². The molecule has 3 aromatic carbocycles. The van der Waals surface area contributed by atoms with E-state index in [9.17, 15) is 34.2 Å². The van der Waals surface area contributed by atoms with Crippen molar-refractivity contribution in [3.8, 4) is 0 Å². The van der Waals surface area contributed by atoms with Crippen LogP contribution in [0.2, 0.25) is 0 Å². The SMILES string of the molecule is CC(C)(O)c1cn([C@@H]2C[C@@H](C(=O)NC(CCCCNC(=O)OCc3ccccc3)C(O)C(N)=O)N(C(=O)[C@@H](CC3CCCCC3)NC(=O)c3ccc4ccccc4c3)C2)nn1. The Labute approximate surface area is 355 Å². The molecular formula is C45H58N8O8. The van der Waals surface area contributed by atoms with Crippen LogP contribution >= 0.6 is 0 Å². The average molecular weight is 839 g/mol. The molecule has 0 bridgehead atoms. The predicted octanol–water partition coefficient (Wildman–Crippen LogP) is 4.00. The number of alkyl carbamates (subject to hydrolysis) is 1. The quantitative estimate of drug-likeness (QED) is 0.0789. The molecule has 1 saturated heterocycles. The third kappa shape index (κ3) is 12.1. The van der Waals surface area contributed by atoms with E-state index in [1.807, 2.05) is 60.7 Å². The average Bonchev–Trinajstić information content (AvgIpc) is 3.94. The van der Waals surface area contributed by atoms with Crippen LogP contribution < -0.4 is 21.7 Å². The van der Waals surface area contributed by atoms with Gasteiger partial charge in [-0.1, -0.05) is 98.0 Å². The minimum atomic E-state index is -1.74. The number of aromatic nitrogens is 3. The Morgan fingerprint density at radius 1 is 0.934 bits per heavy atom. The summed E-state index contributed by atoms with van der Waals surface area (Å²) in [5.41, 5.74) is 5.78. The van der Waals surface area contributed by atoms with Crippen molar-refractivity contribution in [2.75, 3.05) is 13.1 Å². The van der Waals surface area contributed by atoms with Gasteiger partial charge in [0.05, 0.1) is 18.3 Å². The van der Waals surface area contributed by atoms with Crippen LogP contribution in [0.4, 0.5) is 4.79 Å². The van der Waals surface area contributed by atoms with Gasteiger partial charge >= 0.3 is 6.09 Å². The first-order valence-electron chi connectivity index (χ1n) is 21.2. The molecule has 1 saturated carbocycles. The van der Waals surface area contributed by atoms with Crippen molar-refractivity contribution >= 4 is 40.5 Å². The summed E-state index contributed by atoms with van der Waals surface area (Å²) in [5, 5.41) is 40.2. The van der Waals surface area contributed by atoms with Gasteiger partial charge in [0.1, 0.15) is 30.0 Å². The van der Waals surface area contributed by atoms with E-state index in [4.69, 9.17) is 10.5 Å². The summed E-state index contributed by atoms with van der Waals surface area (Å²) in [6.07, 6.45) is 5.66. The van der Waals surface area contributed by atoms with Crippen LogP contribution in [0.25, 0.3) is 10.8 Å². The van der Waals surface area contributed by atoms with Crippen molar-refractivity contribution in [3.05, 3.63) is 95.8 Å². The van der Waals surface area contributed by atoms with Crippen LogP contribution in [0.3, 0.4) is 0 Å². The smallest absolute Gasteiger partial charge is 0.407 e. The Kier molecular flexibility index (Phi) is 15.1. The maximum atomic E-state index is 14.9. The fourth-order valence-electron chi connectivity index (χ4n) is 8.22. The van der Waals surface area contributed by atoms with Crippen LogP contribution in [0, 0.1) is 5.92 Å². The van der Waals surface area contributed by atoms with E-state index < -0.39 is 65.6 Å². The summed E-state index contributed by atoms with van der Waals surface area (Å²) in [7, 11) is 0. The third-order valence-electron chi connectivity index (χ3n) is 11.7. The summed E-state index contributed by atoms with van der Waals surface area (Å²) in [6, 6.07) is 18.6. The largest absolute Gasteiger partial charge is 0.445 e. The monoisotopic (exact) mass is 838 g/mol. The number of hydrogen-bond acceptors (Lipinski definition) is 10. The number of carbonyl (C=O) groups is 5. The first-order valence-corrected chi connectivity index (χ1v) is 21.2. The zero-order valence-corrected chi connectivity index (χ0v) is 34.9. The Morgan fingerprint density at radius 3 is 2.36 bits per heavy atom. The number of aliphatic hydroxyl groups excluding tert-OH is 1. The second-order valence-corrected chi connectivity index (χ2v) is 16.8. The van der Waals surface area contributed by atoms with Gasteiger partial charge in [-0.3, -0.25) is 19.2 Å². The van der Waals surface area contributed by atoms with Gasteiger partial charge in [0.2, 0.25) is 17.7 Å². The number of hydrogen-bond donors (Lipinski definition) is 6. The first kappa shape index (κ1) is 44.7. The zero-order valence-electron chi connectivity index (χ0n) is 34.9. The molecule has 1 aliphatic carbocycles. The molecular weight excluding hydrogens is 781 g/mol. The predicted molar refractivity (Wildman–Crippen MR) is 226 cm³/mol. The number of carbonyl (C=O) groups excluding carboxylic acids is 5. The van der Waals surface area contributed by atoms with Gasteiger partial charge in [0.15, 0.2) is 6.10 Å². The summed E-state index contributed by atoms with van der Waals surface area (Å²) < 4.78 is 6.78. The van der Waals surface area contributed by atoms with Crippen molar-refractivity contribution in [1.29, 1.82) is 0 Å². The highest BCUT2D eigenvalue weighted by molar-refractivity contribution is 6.01. The molecule has 2 fully saturated rings. The van der Waals surface area contributed by atoms with Crippen LogP contribution in [-0.2, 0) is 31.3 Å². The summed E-state index contributed by atoms with van der Waals surface area (Å²) in [6.45, 7) is 3.55. The molecule has 0 spiro atoms. The van der Waals surface area contributed by atoms with Crippen molar-refractivity contribution in [1.82, 2.24) is 35.8 Å². The van der Waals surface area contributed by atoms with Crippen LogP contribution in [0.1, 0.15) is 106 Å². The standard InChI is InChI=1S/C45H58N8O8/c1-45(2,60)38-27-53(51-50-38)34-25-37(42(57)48-35(39(54)40(46)55)19-11-12-22-47-44(59)61-28-30-15-7-4-8-16-30)52(26-34)43(58)36(23-29-13-5-3-6-14-29)49-41(56)33-21-20-31-17-9-10-18-32(31)24-33/h4,7-10,15-18,20-21,24,27,29,34-37,39,54,60H,3,5-6,11-14,19,22-23,25-26,28H2,1-2H3,(H2,46,55)(H,47,59)(H,48,57)(H,49,56)/t34-,35?,36-,37+,39?/m1/s1. The summed E-state index contributed by atoms with van der Waals surface area (Å²) in [5.74, 6) is -2.32. The number of rotatable bonds is 18. The number of nitrogens with one attached hydrogen (secondary N) is 3. The van der Waals surface area contributed by atoms with E-state index in [1.165, 1.54) is 9.58 Å². The van der Waals surface area contributed by atoms with Crippen LogP contribution in [0.5, 0.6) is 0 Å². The molecule has 2 aliphatic rings. The molecule has 16 heteroatoms. The number of benzene rings is 3. The van der Waals surface area contributed by atoms with Crippen molar-refractivity contribution in [2.45, 2.75) is 121 Å². The second-order valence-electron chi connectivity index (χ2n) is 16.8. The van der Waals surface area contributed by atoms with Gasteiger partial charge in [-0.05, 0) is 73.9 Å². The maximum absolute atomic E-state index is 14.9. The Hall–Kier alpha value is -5.87. The van der Waals surface area contributed by atoms with Crippen molar-refractivity contribution in [2.24, 2.45) is 11.7 Å². The molecule has 2 unspecified atom stereocenters. The normalized spacial score (nSPS) is 18.5. The molecule has 16 nitrogen and oxygen atoms in total. The second kappa shape index (κ2) is 20.6. The lowest BCUT2D eigenvalue weighted by Gasteiger charge is -2.32. The van der Waals surface area contributed by atoms with Crippen molar-refractivity contribution < 1.29 is 38.9 Å². The molecule has 5 atom stereocenters. The Morgan fingerprint density at radius 2 is 1.66 bits per heavy atom. The molecule has 6 rings (SSSR count). The summed E-state index contributed by atoms with van der Waals surface area (Å²) in [4.78, 5) is 69.1. The fourth-order valence-corrected chi connectivity index (χ4v) is 8.22. The Balaban J connectivity index is 1.18. The highest BCUT2D eigenvalue weighted by Crippen LogP contribution is 2.32. The minimum Gasteiger partial charge on any atom is -0.445 e. The highest BCUT2D eigenvalue weighted by Gasteiger charge is 2.45. The number of nitrogens with two attached hydrogens (primary N) is 1. The molecule has 61 heavy (non-hydrogen) atoms. The number of nitrogens with zero attached hydrogens (tertiary/aromatic N) is 4. The zero-order chi connectivity index (χ0) is 43.5. The minimum absolute atomic E-state index is 0.0354. The van der Waals surface area contributed by atoms with Gasteiger partial charge in [-0.25, -0.2) is 9.48 Å². The van der Waals surface area contributed by atoms with Gasteiger partial charge in [0, 0.05) is 25.1 Å². The first-order chi connectivity index (χ1) is 29.3. The third-order valence-corrected chi connectivity index (χ3v) is 11.7. The molecule has 4 aromatic rings. The lowest BCUT2D eigenvalue weighted by Crippen LogP contribution is -2.57. The molecule has 1 aromatic heterocycles. The number of fused-ring (bicyclic) bond motifs is 1. The topological polar surface area (TPSA) is 231 Å². The van der Waals surface area contributed by atoms with E-state index >= 15 is 0 Å². The van der Waals surface area contributed by atoms with Gasteiger partial charge in [-0.15, -0.1) is 5.10 Å². The van der Waals surface area contributed by atoms with Gasteiger partial charge in [0.25, 0.3) is 5.91 Å². The number of amides is 5. The van der Waals surface area contributed by atoms with Gasteiger partial charge in [-0.2, -0.15) is 0 Å². The number of unbranched alkanes of at least 4 members (excludes halogenated alkanes) is 1.